The number of halogens is 1. The second kappa shape index (κ2) is 7.09. The van der Waals surface area contributed by atoms with Gasteiger partial charge in [-0.05, 0) is 37.1 Å². The Hall–Kier alpha value is -2.78. The Morgan fingerprint density at radius 3 is 2.33 bits per heavy atom. The van der Waals surface area contributed by atoms with Crippen molar-refractivity contribution < 1.29 is 0 Å². The zero-order valence-electron chi connectivity index (χ0n) is 15.3. The van der Waals surface area contributed by atoms with Crippen LogP contribution in [0.4, 0.5) is 0 Å². The summed E-state index contributed by atoms with van der Waals surface area (Å²) in [6.07, 6.45) is 2.02. The van der Waals surface area contributed by atoms with Crippen LogP contribution in [0.3, 0.4) is 0 Å². The molecule has 136 valence electrons. The quantitative estimate of drug-likeness (QED) is 0.850. The number of allylic oxidation sites excluding steroid dienone is 2. The van der Waals surface area contributed by atoms with E-state index in [4.69, 9.17) is 17.3 Å². The predicted octanol–water partition coefficient (Wildman–Crippen LogP) is 3.47. The van der Waals surface area contributed by atoms with Crippen molar-refractivity contribution in [3.63, 3.8) is 0 Å². The number of nitrogens with two attached hydrogens (primary N) is 1. The van der Waals surface area contributed by atoms with E-state index in [-0.39, 0.29) is 17.2 Å². The van der Waals surface area contributed by atoms with Crippen molar-refractivity contribution >= 4 is 11.6 Å². The van der Waals surface area contributed by atoms with Crippen LogP contribution in [0.1, 0.15) is 25.3 Å². The largest absolute Gasteiger partial charge is 0.399 e. The van der Waals surface area contributed by atoms with Crippen molar-refractivity contribution in [3.05, 3.63) is 57.8 Å². The molecule has 0 aromatic heterocycles. The van der Waals surface area contributed by atoms with E-state index >= 15 is 0 Å². The number of nitriles is 3. The van der Waals surface area contributed by atoms with Crippen molar-refractivity contribution in [1.82, 2.24) is 4.90 Å². The van der Waals surface area contributed by atoms with Gasteiger partial charge in [-0.2, -0.15) is 15.8 Å². The second-order valence-corrected chi connectivity index (χ2v) is 7.71. The fourth-order valence-electron chi connectivity index (χ4n) is 4.17. The lowest BCUT2D eigenvalue weighted by atomic mass is 9.58. The minimum Gasteiger partial charge on any atom is -0.399 e. The summed E-state index contributed by atoms with van der Waals surface area (Å²) in [5, 5.41) is 30.3. The minimum absolute atomic E-state index is 0.0513. The van der Waals surface area contributed by atoms with Crippen LogP contribution in [0, 0.1) is 45.3 Å². The van der Waals surface area contributed by atoms with Crippen LogP contribution in [-0.2, 0) is 0 Å². The van der Waals surface area contributed by atoms with Crippen molar-refractivity contribution in [1.29, 1.82) is 15.8 Å². The van der Waals surface area contributed by atoms with Crippen LogP contribution in [0.2, 0.25) is 5.02 Å². The molecule has 0 saturated heterocycles. The number of hydrogen-bond acceptors (Lipinski definition) is 5. The van der Waals surface area contributed by atoms with Crippen molar-refractivity contribution in [2.45, 2.75) is 25.8 Å². The van der Waals surface area contributed by atoms with Gasteiger partial charge in [0.1, 0.15) is 6.07 Å². The summed E-state index contributed by atoms with van der Waals surface area (Å²) in [6.45, 7) is 5.58. The fourth-order valence-corrected chi connectivity index (χ4v) is 4.30. The van der Waals surface area contributed by atoms with Gasteiger partial charge >= 0.3 is 0 Å². The van der Waals surface area contributed by atoms with Crippen LogP contribution < -0.4 is 5.73 Å². The first-order valence-electron chi connectivity index (χ1n) is 8.82. The summed E-state index contributed by atoms with van der Waals surface area (Å²) < 4.78 is 0. The lowest BCUT2D eigenvalue weighted by Crippen LogP contribution is -2.49. The highest BCUT2D eigenvalue weighted by atomic mass is 35.5. The molecule has 6 heteroatoms. The molecular weight excluding hydrogens is 358 g/mol. The molecular formula is C21H20ClN5. The molecule has 2 atom stereocenters. The van der Waals surface area contributed by atoms with Crippen LogP contribution in [0.15, 0.2) is 47.2 Å². The molecule has 0 saturated carbocycles. The molecule has 0 unspecified atom stereocenters. The van der Waals surface area contributed by atoms with Crippen molar-refractivity contribution in [3.8, 4) is 18.2 Å². The molecule has 27 heavy (non-hydrogen) atoms. The van der Waals surface area contributed by atoms with Crippen LogP contribution in [0.25, 0.3) is 0 Å². The third kappa shape index (κ3) is 2.88. The summed E-state index contributed by atoms with van der Waals surface area (Å²) in [5.74, 6) is -0.654. The lowest BCUT2D eigenvalue weighted by Gasteiger charge is -2.46. The summed E-state index contributed by atoms with van der Waals surface area (Å²) in [5.41, 5.74) is 6.67. The van der Waals surface area contributed by atoms with Gasteiger partial charge in [-0.15, -0.1) is 0 Å². The number of nitrogens with zero attached hydrogens (tertiary/aromatic N) is 4. The number of hydrogen-bond donors (Lipinski definition) is 1. The van der Waals surface area contributed by atoms with Gasteiger partial charge in [-0.1, -0.05) is 29.8 Å². The molecule has 1 aromatic carbocycles. The van der Waals surface area contributed by atoms with E-state index in [1.807, 2.05) is 18.2 Å². The van der Waals surface area contributed by atoms with Gasteiger partial charge in [0.15, 0.2) is 5.41 Å². The van der Waals surface area contributed by atoms with Gasteiger partial charge in [-0.25, -0.2) is 0 Å². The number of rotatable bonds is 2. The van der Waals surface area contributed by atoms with E-state index in [9.17, 15) is 15.8 Å². The highest BCUT2D eigenvalue weighted by molar-refractivity contribution is 6.30. The Labute approximate surface area is 164 Å². The third-order valence-electron chi connectivity index (χ3n) is 5.65. The van der Waals surface area contributed by atoms with Gasteiger partial charge in [0.25, 0.3) is 0 Å². The van der Waals surface area contributed by atoms with Crippen LogP contribution >= 0.6 is 11.6 Å². The highest BCUT2D eigenvalue weighted by Crippen LogP contribution is 2.54. The summed E-state index contributed by atoms with van der Waals surface area (Å²) >= 11 is 6.04. The first kappa shape index (κ1) is 19.0. The Bertz CT molecular complexity index is 923. The van der Waals surface area contributed by atoms with Gasteiger partial charge in [0.2, 0.25) is 0 Å². The van der Waals surface area contributed by atoms with Gasteiger partial charge in [-0.3, -0.25) is 4.90 Å². The smallest absolute Gasteiger partial charge is 0.191 e. The third-order valence-corrected chi connectivity index (χ3v) is 5.90. The highest BCUT2D eigenvalue weighted by Gasteiger charge is 2.54. The molecule has 2 N–H and O–H groups in total. The molecule has 3 rings (SSSR count). The summed E-state index contributed by atoms with van der Waals surface area (Å²) in [4.78, 5) is 2.27. The molecule has 0 amide bonds. The average molecular weight is 378 g/mol. The SMILES string of the molecule is CC(C)N1CC=C2C(C#N)=C(N)C(C#N)(C#N)[C@@H](c3ccc(Cl)cc3)[C@@H]2C1. The average Bonchev–Trinajstić information content (AvgIpc) is 2.67. The van der Waals surface area contributed by atoms with Gasteiger partial charge < -0.3 is 5.73 Å². The summed E-state index contributed by atoms with van der Waals surface area (Å²) in [7, 11) is 0. The fraction of sp³-hybridized carbons (Fsp3) is 0.381. The minimum atomic E-state index is -1.60. The van der Waals surface area contributed by atoms with E-state index in [1.54, 1.807) is 12.1 Å². The van der Waals surface area contributed by atoms with Crippen molar-refractivity contribution in [2.24, 2.45) is 17.1 Å². The Morgan fingerprint density at radius 1 is 1.19 bits per heavy atom. The monoisotopic (exact) mass is 377 g/mol. The predicted molar refractivity (Wildman–Crippen MR) is 103 cm³/mol. The molecule has 0 radical (unpaired) electrons. The van der Waals surface area contributed by atoms with Gasteiger partial charge in [0, 0.05) is 36.0 Å². The zero-order valence-corrected chi connectivity index (χ0v) is 16.0. The first-order valence-corrected chi connectivity index (χ1v) is 9.20. The van der Waals surface area contributed by atoms with Gasteiger partial charge in [0.05, 0.1) is 23.4 Å². The Balaban J connectivity index is 2.29. The lowest BCUT2D eigenvalue weighted by molar-refractivity contribution is 0.174. The maximum atomic E-state index is 10.0. The van der Waals surface area contributed by atoms with E-state index in [2.05, 4.69) is 37.0 Å². The van der Waals surface area contributed by atoms with E-state index < -0.39 is 11.3 Å². The standard InChI is InChI=1S/C21H20ClN5/c1-13(2)27-8-7-16-17(9-23)20(26)21(11-24,12-25)19(18(16)10-27)14-3-5-15(22)6-4-14/h3-7,13,18-19H,8,10,26H2,1-2H3/t18-,19+/m1/s1. The van der Waals surface area contributed by atoms with E-state index in [0.29, 0.717) is 24.2 Å². The summed E-state index contributed by atoms with van der Waals surface area (Å²) in [6, 6.07) is 13.9. The molecule has 1 aromatic rings. The second-order valence-electron chi connectivity index (χ2n) is 7.27. The molecule has 5 nitrogen and oxygen atoms in total. The number of benzene rings is 1. The molecule has 0 bridgehead atoms. The normalized spacial score (nSPS) is 24.4. The topological polar surface area (TPSA) is 101 Å². The zero-order chi connectivity index (χ0) is 19.8. The maximum Gasteiger partial charge on any atom is 0.191 e. The maximum absolute atomic E-state index is 10.0. The first-order chi connectivity index (χ1) is 12.9. The molecule has 0 spiro atoms. The van der Waals surface area contributed by atoms with Crippen LogP contribution in [0.5, 0.6) is 0 Å². The number of fused-ring (bicyclic) bond motifs is 1. The molecule has 0 fully saturated rings. The molecule has 2 aliphatic rings. The Morgan fingerprint density at radius 2 is 1.81 bits per heavy atom. The van der Waals surface area contributed by atoms with E-state index in [0.717, 1.165) is 11.1 Å². The molecule has 1 aliphatic carbocycles. The van der Waals surface area contributed by atoms with Crippen LogP contribution in [-0.4, -0.2) is 24.0 Å². The van der Waals surface area contributed by atoms with Crippen molar-refractivity contribution in [2.75, 3.05) is 13.1 Å². The molecule has 1 aliphatic heterocycles. The Kier molecular flexibility index (Phi) is 4.99. The van der Waals surface area contributed by atoms with E-state index in [1.165, 1.54) is 0 Å². The molecule has 1 heterocycles.